The zero-order chi connectivity index (χ0) is 25.5. The molecule has 0 aliphatic rings. The summed E-state index contributed by atoms with van der Waals surface area (Å²) in [6.07, 6.45) is 3.33. The highest BCUT2D eigenvalue weighted by molar-refractivity contribution is 9.10. The molecule has 0 spiro atoms. The minimum absolute atomic E-state index is 0.189. The van der Waals surface area contributed by atoms with Crippen LogP contribution in [0, 0.1) is 0 Å². The molecular formula is C28H25BrN2O4S. The van der Waals surface area contributed by atoms with E-state index in [9.17, 15) is 13.2 Å². The summed E-state index contributed by atoms with van der Waals surface area (Å²) in [7, 11) is -3.79. The zero-order valence-electron chi connectivity index (χ0n) is 19.7. The van der Waals surface area contributed by atoms with E-state index >= 15 is 0 Å². The van der Waals surface area contributed by atoms with E-state index in [1.807, 2.05) is 42.5 Å². The molecule has 0 amide bonds. The second kappa shape index (κ2) is 11.6. The minimum Gasteiger partial charge on any atom is -0.462 e. The maximum atomic E-state index is 13.6. The van der Waals surface area contributed by atoms with Gasteiger partial charge >= 0.3 is 5.97 Å². The number of nitrogens with zero attached hydrogens (tertiary/aromatic N) is 2. The third kappa shape index (κ3) is 6.07. The Bertz CT molecular complexity index is 1420. The van der Waals surface area contributed by atoms with Crippen LogP contribution in [0.1, 0.15) is 28.4 Å². The molecule has 0 unspecified atom stereocenters. The lowest BCUT2D eigenvalue weighted by Gasteiger charge is -2.23. The van der Waals surface area contributed by atoms with Crippen molar-refractivity contribution in [2.45, 2.75) is 24.9 Å². The van der Waals surface area contributed by atoms with Gasteiger partial charge in [-0.1, -0.05) is 54.6 Å². The molecule has 0 saturated heterocycles. The van der Waals surface area contributed by atoms with Crippen molar-refractivity contribution in [2.75, 3.05) is 6.61 Å². The first-order valence-corrected chi connectivity index (χ1v) is 13.6. The number of hydrogen-bond donors (Lipinski definition) is 0. The highest BCUT2D eigenvalue weighted by Gasteiger charge is 2.27. The third-order valence-corrected chi connectivity index (χ3v) is 8.38. The van der Waals surface area contributed by atoms with Gasteiger partial charge in [-0.05, 0) is 75.4 Å². The van der Waals surface area contributed by atoms with Gasteiger partial charge in [-0.15, -0.1) is 0 Å². The fourth-order valence-corrected chi connectivity index (χ4v) is 6.11. The third-order valence-electron chi connectivity index (χ3n) is 5.58. The molecule has 0 atom stereocenters. The first-order chi connectivity index (χ1) is 17.4. The van der Waals surface area contributed by atoms with Gasteiger partial charge in [-0.25, -0.2) is 13.2 Å². The predicted octanol–water partition coefficient (Wildman–Crippen LogP) is 6.08. The Balaban J connectivity index is 1.58. The number of pyridine rings is 1. The van der Waals surface area contributed by atoms with Crippen molar-refractivity contribution in [3.05, 3.63) is 118 Å². The predicted molar refractivity (Wildman–Crippen MR) is 143 cm³/mol. The average molecular weight is 565 g/mol. The second-order valence-corrected chi connectivity index (χ2v) is 10.8. The van der Waals surface area contributed by atoms with Crippen LogP contribution in [0.5, 0.6) is 0 Å². The summed E-state index contributed by atoms with van der Waals surface area (Å²) in [6, 6.07) is 25.4. The molecular weight excluding hydrogens is 540 g/mol. The van der Waals surface area contributed by atoms with Crippen LogP contribution >= 0.6 is 15.9 Å². The van der Waals surface area contributed by atoms with Gasteiger partial charge in [0, 0.05) is 30.0 Å². The Hall–Kier alpha value is -3.33. The van der Waals surface area contributed by atoms with Gasteiger partial charge < -0.3 is 4.74 Å². The van der Waals surface area contributed by atoms with Crippen LogP contribution < -0.4 is 0 Å². The maximum Gasteiger partial charge on any atom is 0.338 e. The van der Waals surface area contributed by atoms with Crippen LogP contribution in [-0.4, -0.2) is 30.3 Å². The van der Waals surface area contributed by atoms with E-state index < -0.39 is 10.0 Å². The van der Waals surface area contributed by atoms with Gasteiger partial charge in [-0.2, -0.15) is 4.31 Å². The molecule has 184 valence electrons. The topological polar surface area (TPSA) is 76.6 Å². The number of carbonyl (C=O) groups excluding carboxylic acids is 1. The standard InChI is InChI=1S/C28H25BrN2O4S/c1-2-35-28(32)25-15-13-24(14-16-25)23-11-9-21(10-12-23)19-31(20-22-6-5-17-30-18-22)36(33,34)27-8-4-3-7-26(27)29/h3-18H,2,19-20H2,1H3. The summed E-state index contributed by atoms with van der Waals surface area (Å²) in [5, 5.41) is 0. The molecule has 0 N–H and O–H groups in total. The molecule has 8 heteroatoms. The first-order valence-electron chi connectivity index (χ1n) is 11.4. The van der Waals surface area contributed by atoms with E-state index in [-0.39, 0.29) is 24.0 Å². The van der Waals surface area contributed by atoms with Crippen LogP contribution in [-0.2, 0) is 27.8 Å². The quantitative estimate of drug-likeness (QED) is 0.230. The van der Waals surface area contributed by atoms with Crippen molar-refractivity contribution in [1.82, 2.24) is 9.29 Å². The minimum atomic E-state index is -3.79. The molecule has 36 heavy (non-hydrogen) atoms. The van der Waals surface area contributed by atoms with Crippen LogP contribution in [0.4, 0.5) is 0 Å². The van der Waals surface area contributed by atoms with Crippen molar-refractivity contribution < 1.29 is 17.9 Å². The lowest BCUT2D eigenvalue weighted by atomic mass is 10.0. The van der Waals surface area contributed by atoms with E-state index in [0.717, 1.165) is 22.3 Å². The molecule has 0 saturated carbocycles. The van der Waals surface area contributed by atoms with Gasteiger partial charge in [0.15, 0.2) is 0 Å². The number of benzene rings is 3. The Kier molecular flexibility index (Phi) is 8.30. The molecule has 4 rings (SSSR count). The summed E-state index contributed by atoms with van der Waals surface area (Å²) in [5.74, 6) is -0.348. The molecule has 0 aliphatic heterocycles. The van der Waals surface area contributed by atoms with Gasteiger partial charge in [0.25, 0.3) is 0 Å². The van der Waals surface area contributed by atoms with Gasteiger partial charge in [0.1, 0.15) is 0 Å². The summed E-state index contributed by atoms with van der Waals surface area (Å²) in [4.78, 5) is 16.2. The number of esters is 1. The van der Waals surface area contributed by atoms with Crippen molar-refractivity contribution in [3.8, 4) is 11.1 Å². The van der Waals surface area contributed by atoms with Crippen LogP contribution in [0.3, 0.4) is 0 Å². The van der Waals surface area contributed by atoms with Crippen LogP contribution in [0.2, 0.25) is 0 Å². The summed E-state index contributed by atoms with van der Waals surface area (Å²) >= 11 is 3.38. The molecule has 1 aromatic heterocycles. The second-order valence-electron chi connectivity index (χ2n) is 8.06. The SMILES string of the molecule is CCOC(=O)c1ccc(-c2ccc(CN(Cc3cccnc3)S(=O)(=O)c3ccccc3Br)cc2)cc1. The molecule has 3 aromatic carbocycles. The van der Waals surface area contributed by atoms with Gasteiger partial charge in [0.05, 0.1) is 17.1 Å². The Morgan fingerprint density at radius 2 is 1.50 bits per heavy atom. The summed E-state index contributed by atoms with van der Waals surface area (Å²) in [6.45, 7) is 2.49. The largest absolute Gasteiger partial charge is 0.462 e. The fraction of sp³-hybridized carbons (Fsp3) is 0.143. The lowest BCUT2D eigenvalue weighted by molar-refractivity contribution is 0.0526. The van der Waals surface area contributed by atoms with Gasteiger partial charge in [-0.3, -0.25) is 4.98 Å². The molecule has 0 aliphatic carbocycles. The Morgan fingerprint density at radius 3 is 2.11 bits per heavy atom. The normalized spacial score (nSPS) is 11.4. The van der Waals surface area contributed by atoms with E-state index in [2.05, 4.69) is 20.9 Å². The number of ether oxygens (including phenoxy) is 1. The molecule has 4 aromatic rings. The van der Waals surface area contributed by atoms with Crippen molar-refractivity contribution in [2.24, 2.45) is 0 Å². The monoisotopic (exact) mass is 564 g/mol. The fourth-order valence-electron chi connectivity index (χ4n) is 3.73. The first kappa shape index (κ1) is 25.8. The van der Waals surface area contributed by atoms with Crippen molar-refractivity contribution >= 4 is 31.9 Å². The Labute approximate surface area is 219 Å². The van der Waals surface area contributed by atoms with E-state index in [4.69, 9.17) is 4.74 Å². The lowest BCUT2D eigenvalue weighted by Crippen LogP contribution is -2.30. The zero-order valence-corrected chi connectivity index (χ0v) is 22.1. The molecule has 0 fully saturated rings. The van der Waals surface area contributed by atoms with E-state index in [1.165, 1.54) is 4.31 Å². The summed E-state index contributed by atoms with van der Waals surface area (Å²) < 4.78 is 34.2. The molecule has 6 nitrogen and oxygen atoms in total. The van der Waals surface area contributed by atoms with Gasteiger partial charge in [0.2, 0.25) is 10.0 Å². The van der Waals surface area contributed by atoms with Crippen molar-refractivity contribution in [3.63, 3.8) is 0 Å². The van der Waals surface area contributed by atoms with Crippen LogP contribution in [0.25, 0.3) is 11.1 Å². The maximum absolute atomic E-state index is 13.6. The highest BCUT2D eigenvalue weighted by atomic mass is 79.9. The average Bonchev–Trinajstić information content (AvgIpc) is 2.90. The smallest absolute Gasteiger partial charge is 0.338 e. The highest BCUT2D eigenvalue weighted by Crippen LogP contribution is 2.28. The number of aromatic nitrogens is 1. The van der Waals surface area contributed by atoms with Crippen LogP contribution in [0.15, 0.2) is 107 Å². The summed E-state index contributed by atoms with van der Waals surface area (Å²) in [5.41, 5.74) is 4.05. The number of carbonyl (C=O) groups is 1. The van der Waals surface area contributed by atoms with Crippen molar-refractivity contribution in [1.29, 1.82) is 0 Å². The van der Waals surface area contributed by atoms with E-state index in [0.29, 0.717) is 16.6 Å². The molecule has 1 heterocycles. The number of sulfonamides is 1. The number of rotatable bonds is 9. The molecule has 0 bridgehead atoms. The van der Waals surface area contributed by atoms with E-state index in [1.54, 1.807) is 61.8 Å². The number of hydrogen-bond acceptors (Lipinski definition) is 5. The Morgan fingerprint density at radius 1 is 0.861 bits per heavy atom. The number of halogens is 1. The molecule has 0 radical (unpaired) electrons.